The molecule has 0 amide bonds. The lowest BCUT2D eigenvalue weighted by molar-refractivity contribution is -0.00204. The monoisotopic (exact) mass is 445 g/mol. The van der Waals surface area contributed by atoms with Crippen LogP contribution in [0.1, 0.15) is 34.3 Å². The van der Waals surface area contributed by atoms with Crippen LogP contribution in [0.3, 0.4) is 0 Å². The summed E-state index contributed by atoms with van der Waals surface area (Å²) in [7, 11) is 1.34. The summed E-state index contributed by atoms with van der Waals surface area (Å²) < 4.78 is 16.9. The maximum Gasteiger partial charge on any atom is 0.341 e. The molecule has 1 saturated heterocycles. The van der Waals surface area contributed by atoms with E-state index in [0.717, 1.165) is 48.7 Å². The van der Waals surface area contributed by atoms with E-state index < -0.39 is 12.1 Å². The van der Waals surface area contributed by atoms with E-state index in [1.54, 1.807) is 12.1 Å². The summed E-state index contributed by atoms with van der Waals surface area (Å²) in [4.78, 5) is 14.2. The second-order valence-electron chi connectivity index (χ2n) is 8.47. The Bertz CT molecular complexity index is 955. The van der Waals surface area contributed by atoms with Crippen LogP contribution in [0.25, 0.3) is 0 Å². The maximum atomic E-state index is 11.9. The molecule has 1 N–H and O–H groups in total. The van der Waals surface area contributed by atoms with Crippen LogP contribution in [0.5, 0.6) is 11.5 Å². The topological polar surface area (TPSA) is 68.2 Å². The molecule has 7 heteroatoms. The van der Waals surface area contributed by atoms with Gasteiger partial charge in [0.2, 0.25) is 0 Å². The van der Waals surface area contributed by atoms with Gasteiger partial charge in [-0.25, -0.2) is 4.79 Å². The van der Waals surface area contributed by atoms with Crippen LogP contribution in [0.2, 0.25) is 5.02 Å². The largest absolute Gasteiger partial charge is 0.490 e. The summed E-state index contributed by atoms with van der Waals surface area (Å²) in [6.45, 7) is 4.22. The highest BCUT2D eigenvalue weighted by molar-refractivity contribution is 6.30. The van der Waals surface area contributed by atoms with Gasteiger partial charge in [-0.15, -0.1) is 0 Å². The SMILES string of the molecule is COC(=O)c1ccc(C)cc1OC[C@@H](O)CN1CCC2(CC1)Cc1cc(Cl)ccc1O2. The number of carbonyl (C=O) groups excluding carboxylic acids is 1. The van der Waals surface area contributed by atoms with Gasteiger partial charge in [-0.3, -0.25) is 0 Å². The van der Waals surface area contributed by atoms with Gasteiger partial charge in [0.15, 0.2) is 0 Å². The number of ether oxygens (including phenoxy) is 3. The molecule has 2 aromatic carbocycles. The predicted octanol–water partition coefficient (Wildman–Crippen LogP) is 3.64. The standard InChI is InChI=1S/C24H28ClNO5/c1-16-3-5-20(23(28)29-2)22(11-16)30-15-19(27)14-26-9-7-24(8-10-26)13-17-12-18(25)4-6-21(17)31-24/h3-6,11-12,19,27H,7-10,13-15H2,1-2H3/t19-/m0/s1. The molecule has 0 aromatic heterocycles. The first-order valence-corrected chi connectivity index (χ1v) is 10.9. The number of aryl methyl sites for hydroxylation is 1. The molecule has 0 unspecified atom stereocenters. The molecule has 0 aliphatic carbocycles. The number of esters is 1. The van der Waals surface area contributed by atoms with Crippen molar-refractivity contribution < 1.29 is 24.1 Å². The number of aliphatic hydroxyl groups excluding tert-OH is 1. The molecule has 0 saturated carbocycles. The Balaban J connectivity index is 1.28. The minimum atomic E-state index is -0.666. The smallest absolute Gasteiger partial charge is 0.341 e. The molecule has 6 nitrogen and oxygen atoms in total. The molecule has 2 heterocycles. The molecule has 4 rings (SSSR count). The third kappa shape index (κ3) is 4.97. The van der Waals surface area contributed by atoms with Crippen molar-refractivity contribution in [3.8, 4) is 11.5 Å². The number of aliphatic hydroxyl groups is 1. The van der Waals surface area contributed by atoms with Gasteiger partial charge in [-0.05, 0) is 48.4 Å². The number of methoxy groups -OCH3 is 1. The second-order valence-corrected chi connectivity index (χ2v) is 8.91. The Morgan fingerprint density at radius 1 is 1.26 bits per heavy atom. The summed E-state index contributed by atoms with van der Waals surface area (Å²) >= 11 is 6.12. The van der Waals surface area contributed by atoms with E-state index in [1.165, 1.54) is 12.7 Å². The highest BCUT2D eigenvalue weighted by atomic mass is 35.5. The van der Waals surface area contributed by atoms with Gasteiger partial charge in [-0.2, -0.15) is 0 Å². The van der Waals surface area contributed by atoms with Crippen LogP contribution in [0.4, 0.5) is 0 Å². The van der Waals surface area contributed by atoms with Crippen molar-refractivity contribution in [3.63, 3.8) is 0 Å². The lowest BCUT2D eigenvalue weighted by Crippen LogP contribution is -2.49. The number of hydrogen-bond donors (Lipinski definition) is 1. The van der Waals surface area contributed by atoms with Crippen molar-refractivity contribution in [1.82, 2.24) is 4.90 Å². The van der Waals surface area contributed by atoms with Crippen LogP contribution in [0, 0.1) is 6.92 Å². The van der Waals surface area contributed by atoms with Gasteiger partial charge < -0.3 is 24.2 Å². The van der Waals surface area contributed by atoms with E-state index in [2.05, 4.69) is 4.90 Å². The molecule has 2 aliphatic rings. The molecule has 0 bridgehead atoms. The molecule has 166 valence electrons. The Labute approximate surface area is 187 Å². The fourth-order valence-corrected chi connectivity index (χ4v) is 4.58. The number of likely N-dealkylation sites (tertiary alicyclic amines) is 1. The number of β-amino-alcohol motifs (C(OH)–C–C–N with tert-alkyl or cyclic N) is 1. The summed E-state index contributed by atoms with van der Waals surface area (Å²) in [5, 5.41) is 11.3. The number of fused-ring (bicyclic) bond motifs is 1. The van der Waals surface area contributed by atoms with Crippen molar-refractivity contribution in [1.29, 1.82) is 0 Å². The Morgan fingerprint density at radius 3 is 2.77 bits per heavy atom. The molecule has 1 fully saturated rings. The van der Waals surface area contributed by atoms with Gasteiger partial charge >= 0.3 is 5.97 Å². The number of rotatable bonds is 6. The van der Waals surface area contributed by atoms with Crippen LogP contribution < -0.4 is 9.47 Å². The second kappa shape index (κ2) is 9.07. The van der Waals surface area contributed by atoms with Gasteiger partial charge in [0.1, 0.15) is 35.4 Å². The van der Waals surface area contributed by atoms with Crippen LogP contribution >= 0.6 is 11.6 Å². The van der Waals surface area contributed by atoms with Gasteiger partial charge in [0.25, 0.3) is 0 Å². The Hall–Kier alpha value is -2.28. The van der Waals surface area contributed by atoms with Crippen LogP contribution in [-0.4, -0.2) is 61.0 Å². The zero-order chi connectivity index (χ0) is 22.0. The number of piperidine rings is 1. The molecule has 2 aliphatic heterocycles. The Kier molecular flexibility index (Phi) is 6.42. The predicted molar refractivity (Wildman–Crippen MR) is 118 cm³/mol. The highest BCUT2D eigenvalue weighted by Gasteiger charge is 2.42. The molecular formula is C24H28ClNO5. The number of carbonyl (C=O) groups is 1. The molecule has 31 heavy (non-hydrogen) atoms. The third-order valence-electron chi connectivity index (χ3n) is 6.07. The van der Waals surface area contributed by atoms with E-state index in [0.29, 0.717) is 17.9 Å². The van der Waals surface area contributed by atoms with Gasteiger partial charge in [0, 0.05) is 43.9 Å². The average Bonchev–Trinajstić information content (AvgIpc) is 3.10. The van der Waals surface area contributed by atoms with Crippen molar-refractivity contribution in [3.05, 3.63) is 58.1 Å². The van der Waals surface area contributed by atoms with E-state index in [1.807, 2.05) is 31.2 Å². The van der Waals surface area contributed by atoms with Crippen molar-refractivity contribution in [2.45, 2.75) is 37.9 Å². The first-order chi connectivity index (χ1) is 14.9. The fraction of sp³-hybridized carbons (Fsp3) is 0.458. The van der Waals surface area contributed by atoms with E-state index in [4.69, 9.17) is 25.8 Å². The number of halogens is 1. The van der Waals surface area contributed by atoms with Crippen LogP contribution in [0.15, 0.2) is 36.4 Å². The molecular weight excluding hydrogens is 418 g/mol. The summed E-state index contributed by atoms with van der Waals surface area (Å²) in [5.74, 6) is 0.912. The summed E-state index contributed by atoms with van der Waals surface area (Å²) in [6.07, 6.45) is 2.01. The average molecular weight is 446 g/mol. The molecule has 2 aromatic rings. The summed E-state index contributed by atoms with van der Waals surface area (Å²) in [5.41, 5.74) is 2.34. The third-order valence-corrected chi connectivity index (χ3v) is 6.31. The zero-order valence-corrected chi connectivity index (χ0v) is 18.7. The molecule has 0 radical (unpaired) electrons. The lowest BCUT2D eigenvalue weighted by atomic mass is 9.87. The normalized spacial score (nSPS) is 18.3. The first kappa shape index (κ1) is 21.9. The quantitative estimate of drug-likeness (QED) is 0.684. The van der Waals surface area contributed by atoms with Crippen LogP contribution in [-0.2, 0) is 11.2 Å². The Morgan fingerprint density at radius 2 is 2.03 bits per heavy atom. The maximum absolute atomic E-state index is 11.9. The zero-order valence-electron chi connectivity index (χ0n) is 17.9. The fourth-order valence-electron chi connectivity index (χ4n) is 4.39. The van der Waals surface area contributed by atoms with E-state index >= 15 is 0 Å². The van der Waals surface area contributed by atoms with Gasteiger partial charge in [-0.1, -0.05) is 17.7 Å². The van der Waals surface area contributed by atoms with E-state index in [9.17, 15) is 9.90 Å². The van der Waals surface area contributed by atoms with Crippen molar-refractivity contribution >= 4 is 17.6 Å². The minimum absolute atomic E-state index is 0.107. The minimum Gasteiger partial charge on any atom is -0.490 e. The molecule has 1 atom stereocenters. The number of nitrogens with zero attached hydrogens (tertiary/aromatic N) is 1. The van der Waals surface area contributed by atoms with E-state index in [-0.39, 0.29) is 12.2 Å². The highest BCUT2D eigenvalue weighted by Crippen LogP contribution is 2.41. The van der Waals surface area contributed by atoms with Crippen molar-refractivity contribution in [2.24, 2.45) is 0 Å². The lowest BCUT2D eigenvalue weighted by Gasteiger charge is -2.39. The molecule has 1 spiro atoms. The van der Waals surface area contributed by atoms with Gasteiger partial charge in [0.05, 0.1) is 7.11 Å². The van der Waals surface area contributed by atoms with Crippen molar-refractivity contribution in [2.75, 3.05) is 33.4 Å². The number of benzene rings is 2. The summed E-state index contributed by atoms with van der Waals surface area (Å²) in [6, 6.07) is 11.1. The first-order valence-electron chi connectivity index (χ1n) is 10.6. The number of hydrogen-bond acceptors (Lipinski definition) is 6.